The first kappa shape index (κ1) is 18.5. The van der Waals surface area contributed by atoms with Crippen LogP contribution in [0.4, 0.5) is 11.5 Å². The molecular weight excluding hydrogens is 364 g/mol. The maximum atomic E-state index is 12.8. The molecule has 0 unspecified atom stereocenters. The van der Waals surface area contributed by atoms with Gasteiger partial charge in [0.05, 0.1) is 5.69 Å². The van der Waals surface area contributed by atoms with Crippen molar-refractivity contribution in [1.82, 2.24) is 4.98 Å². The molecule has 0 radical (unpaired) electrons. The normalized spacial score (nSPS) is 15.2. The molecule has 0 atom stereocenters. The molecule has 3 rings (SSSR count). The third kappa shape index (κ3) is 4.12. The van der Waals surface area contributed by atoms with Gasteiger partial charge in [-0.2, -0.15) is 5.10 Å². The molecule has 0 saturated heterocycles. The predicted molar refractivity (Wildman–Crippen MR) is 105 cm³/mol. The summed E-state index contributed by atoms with van der Waals surface area (Å²) in [7, 11) is 0. The Labute approximate surface area is 160 Å². The van der Waals surface area contributed by atoms with Crippen LogP contribution in [-0.4, -0.2) is 27.5 Å². The Morgan fingerprint density at radius 3 is 2.30 bits per heavy atom. The minimum atomic E-state index is -0.607. The Hall–Kier alpha value is -3.26. The molecule has 8 heteroatoms. The van der Waals surface area contributed by atoms with Crippen LogP contribution in [0, 0.1) is 0 Å². The lowest BCUT2D eigenvalue weighted by Gasteiger charge is -2.18. The van der Waals surface area contributed by atoms with Gasteiger partial charge < -0.3 is 5.32 Å². The van der Waals surface area contributed by atoms with Gasteiger partial charge >= 0.3 is 0 Å². The second-order valence-corrected chi connectivity index (χ2v) is 6.59. The monoisotopic (exact) mass is 380 g/mol. The van der Waals surface area contributed by atoms with Gasteiger partial charge in [-0.3, -0.25) is 14.4 Å². The fraction of sp³-hybridized carbons (Fsp3) is 0.105. The highest BCUT2D eigenvalue weighted by Gasteiger charge is 2.33. The fourth-order valence-electron chi connectivity index (χ4n) is 2.36. The number of thioether (sulfide) groups is 1. The molecule has 1 aliphatic rings. The van der Waals surface area contributed by atoms with Gasteiger partial charge in [0.25, 0.3) is 5.91 Å². The van der Waals surface area contributed by atoms with E-state index in [9.17, 15) is 14.4 Å². The average Bonchev–Trinajstić information content (AvgIpc) is 3.08. The predicted octanol–water partition coefficient (Wildman–Crippen LogP) is 2.98. The maximum Gasteiger partial charge on any atom is 0.263 e. The second-order valence-electron chi connectivity index (χ2n) is 5.62. The molecule has 0 saturated carbocycles. The van der Waals surface area contributed by atoms with Crippen LogP contribution >= 0.6 is 11.8 Å². The van der Waals surface area contributed by atoms with Gasteiger partial charge in [-0.25, -0.2) is 9.99 Å². The second kappa shape index (κ2) is 7.96. The largest absolute Gasteiger partial charge is 0.306 e. The molecule has 1 aromatic heterocycles. The van der Waals surface area contributed by atoms with E-state index in [1.807, 2.05) is 6.07 Å². The molecular formula is C19H16N4O3S. The van der Waals surface area contributed by atoms with Crippen molar-refractivity contribution in [2.75, 3.05) is 10.3 Å². The number of hydrogen-bond acceptors (Lipinski definition) is 7. The summed E-state index contributed by atoms with van der Waals surface area (Å²) in [5.74, 6) is -0.968. The number of benzene rings is 1. The molecule has 1 aliphatic heterocycles. The number of ketones is 2. The molecule has 136 valence electrons. The Kier molecular flexibility index (Phi) is 5.46. The SMILES string of the molecule is CC(=O)C1=NN(c2ccccc2)/C(=C(\C(C)=O)C(=O)Nc2ccccn2)S1. The number of aromatic nitrogens is 1. The number of hydrogen-bond donors (Lipinski definition) is 1. The van der Waals surface area contributed by atoms with Gasteiger partial charge in [0.2, 0.25) is 0 Å². The molecule has 1 amide bonds. The number of amides is 1. The van der Waals surface area contributed by atoms with Crippen molar-refractivity contribution < 1.29 is 14.4 Å². The summed E-state index contributed by atoms with van der Waals surface area (Å²) in [6, 6.07) is 14.1. The van der Waals surface area contributed by atoms with Crippen molar-refractivity contribution in [2.45, 2.75) is 13.8 Å². The lowest BCUT2D eigenvalue weighted by molar-refractivity contribution is -0.119. The quantitative estimate of drug-likeness (QED) is 0.487. The molecule has 2 aromatic rings. The Morgan fingerprint density at radius 1 is 1.00 bits per heavy atom. The van der Waals surface area contributed by atoms with E-state index in [1.54, 1.807) is 42.5 Å². The van der Waals surface area contributed by atoms with Crippen molar-refractivity contribution in [3.63, 3.8) is 0 Å². The van der Waals surface area contributed by atoms with Gasteiger partial charge in [-0.15, -0.1) is 0 Å². The minimum absolute atomic E-state index is 0.0884. The summed E-state index contributed by atoms with van der Waals surface area (Å²) in [6.45, 7) is 2.69. The number of nitrogens with zero attached hydrogens (tertiary/aromatic N) is 3. The molecule has 27 heavy (non-hydrogen) atoms. The van der Waals surface area contributed by atoms with E-state index in [1.165, 1.54) is 25.1 Å². The molecule has 1 N–H and O–H groups in total. The fourth-order valence-corrected chi connectivity index (χ4v) is 3.38. The molecule has 7 nitrogen and oxygen atoms in total. The van der Waals surface area contributed by atoms with Crippen molar-refractivity contribution in [1.29, 1.82) is 0 Å². The number of carbonyl (C=O) groups is 3. The zero-order valence-corrected chi connectivity index (χ0v) is 15.5. The topological polar surface area (TPSA) is 91.7 Å². The van der Waals surface area contributed by atoms with E-state index in [2.05, 4.69) is 15.4 Å². The average molecular weight is 380 g/mol. The van der Waals surface area contributed by atoms with E-state index < -0.39 is 11.7 Å². The first-order valence-electron chi connectivity index (χ1n) is 8.07. The lowest BCUT2D eigenvalue weighted by atomic mass is 10.2. The summed E-state index contributed by atoms with van der Waals surface area (Å²) < 4.78 is 0. The summed E-state index contributed by atoms with van der Waals surface area (Å²) >= 11 is 1.00. The molecule has 0 bridgehead atoms. The Morgan fingerprint density at radius 2 is 1.70 bits per heavy atom. The third-order valence-electron chi connectivity index (χ3n) is 3.58. The van der Waals surface area contributed by atoms with Gasteiger partial charge in [-0.1, -0.05) is 24.3 Å². The smallest absolute Gasteiger partial charge is 0.263 e. The molecule has 2 heterocycles. The first-order valence-corrected chi connectivity index (χ1v) is 8.89. The number of pyridine rings is 1. The summed E-state index contributed by atoms with van der Waals surface area (Å²) in [4.78, 5) is 41.0. The summed E-state index contributed by atoms with van der Waals surface area (Å²) in [5, 5.41) is 8.83. The van der Waals surface area contributed by atoms with Crippen molar-refractivity contribution in [2.24, 2.45) is 5.10 Å². The van der Waals surface area contributed by atoms with Crippen LogP contribution in [0.5, 0.6) is 0 Å². The Bertz CT molecular complexity index is 955. The minimum Gasteiger partial charge on any atom is -0.306 e. The van der Waals surface area contributed by atoms with Gasteiger partial charge in [-0.05, 0) is 43.0 Å². The zero-order valence-electron chi connectivity index (χ0n) is 14.7. The van der Waals surface area contributed by atoms with Gasteiger partial charge in [0, 0.05) is 13.1 Å². The molecule has 0 spiro atoms. The number of nitrogens with one attached hydrogen (secondary N) is 1. The van der Waals surface area contributed by atoms with E-state index in [-0.39, 0.29) is 21.4 Å². The van der Waals surface area contributed by atoms with Crippen LogP contribution < -0.4 is 10.3 Å². The highest BCUT2D eigenvalue weighted by atomic mass is 32.2. The van der Waals surface area contributed by atoms with Crippen LogP contribution in [0.2, 0.25) is 0 Å². The van der Waals surface area contributed by atoms with Gasteiger partial charge in [0.1, 0.15) is 16.4 Å². The number of rotatable bonds is 5. The number of hydrazone groups is 1. The van der Waals surface area contributed by atoms with Gasteiger partial charge in [0.15, 0.2) is 16.6 Å². The van der Waals surface area contributed by atoms with Crippen LogP contribution in [0.1, 0.15) is 13.8 Å². The van der Waals surface area contributed by atoms with E-state index >= 15 is 0 Å². The van der Waals surface area contributed by atoms with Crippen LogP contribution in [-0.2, 0) is 14.4 Å². The summed E-state index contributed by atoms with van der Waals surface area (Å²) in [5.41, 5.74) is 0.551. The summed E-state index contributed by atoms with van der Waals surface area (Å²) in [6.07, 6.45) is 1.54. The molecule has 0 fully saturated rings. The standard InChI is InChI=1S/C19H16N4O3S/c1-12(24)16(17(26)21-15-10-6-7-11-20-15)19-23(14-8-4-3-5-9-14)22-18(27-19)13(2)25/h3-11H,1-2H3,(H,20,21,26)/b19-16-. The number of anilines is 2. The van der Waals surface area contributed by atoms with E-state index in [0.717, 1.165) is 11.8 Å². The lowest BCUT2D eigenvalue weighted by Crippen LogP contribution is -2.24. The molecule has 1 aromatic carbocycles. The van der Waals surface area contributed by atoms with E-state index in [4.69, 9.17) is 0 Å². The first-order chi connectivity index (χ1) is 13.0. The van der Waals surface area contributed by atoms with E-state index in [0.29, 0.717) is 11.5 Å². The van der Waals surface area contributed by atoms with Crippen LogP contribution in [0.3, 0.4) is 0 Å². The number of para-hydroxylation sites is 1. The number of Topliss-reactive ketones (excluding diaryl/α,β-unsaturated/α-hetero) is 2. The van der Waals surface area contributed by atoms with Crippen LogP contribution in [0.25, 0.3) is 0 Å². The molecule has 0 aliphatic carbocycles. The highest BCUT2D eigenvalue weighted by molar-refractivity contribution is 8.19. The van der Waals surface area contributed by atoms with Crippen molar-refractivity contribution >= 4 is 45.8 Å². The van der Waals surface area contributed by atoms with Crippen LogP contribution in [0.15, 0.2) is 70.4 Å². The van der Waals surface area contributed by atoms with Crippen molar-refractivity contribution in [3.05, 3.63) is 65.3 Å². The maximum absolute atomic E-state index is 12.8. The zero-order chi connectivity index (χ0) is 19.4. The highest BCUT2D eigenvalue weighted by Crippen LogP contribution is 2.37. The Balaban J connectivity index is 2.05. The van der Waals surface area contributed by atoms with Crippen molar-refractivity contribution in [3.8, 4) is 0 Å². The third-order valence-corrected chi connectivity index (χ3v) is 4.71. The number of carbonyl (C=O) groups excluding carboxylic acids is 3.